The minimum absolute atomic E-state index is 0.0289. The molecule has 0 unspecified atom stereocenters. The highest BCUT2D eigenvalue weighted by Gasteiger charge is 2.27. The summed E-state index contributed by atoms with van der Waals surface area (Å²) >= 11 is 3.44. The molecule has 2 atom stereocenters. The van der Waals surface area contributed by atoms with Crippen molar-refractivity contribution in [2.75, 3.05) is 6.54 Å². The molecule has 2 aromatic rings. The first-order valence-corrected chi connectivity index (χ1v) is 6.98. The zero-order valence-corrected chi connectivity index (χ0v) is 11.8. The van der Waals surface area contributed by atoms with Gasteiger partial charge < -0.3 is 14.9 Å². The Morgan fingerprint density at radius 3 is 3.11 bits per heavy atom. The lowest BCUT2D eigenvalue weighted by Gasteiger charge is -2.01. The van der Waals surface area contributed by atoms with E-state index >= 15 is 0 Å². The predicted molar refractivity (Wildman–Crippen MR) is 72.6 cm³/mol. The number of nitrogens with zero attached hydrogens (tertiary/aromatic N) is 2. The molecule has 100 valence electrons. The van der Waals surface area contributed by atoms with Gasteiger partial charge in [0.2, 0.25) is 5.89 Å². The molecule has 3 rings (SSSR count). The molecular weight excluding hydrogens is 310 g/mol. The van der Waals surface area contributed by atoms with Crippen molar-refractivity contribution in [3.63, 3.8) is 0 Å². The van der Waals surface area contributed by atoms with Crippen LogP contribution in [0.3, 0.4) is 0 Å². The van der Waals surface area contributed by atoms with Crippen LogP contribution >= 0.6 is 15.9 Å². The van der Waals surface area contributed by atoms with Gasteiger partial charge in [-0.2, -0.15) is 4.98 Å². The molecule has 0 bridgehead atoms. The fourth-order valence-corrected chi connectivity index (χ4v) is 2.66. The average Bonchev–Trinajstić information content (AvgIpc) is 2.98. The predicted octanol–water partition coefficient (Wildman–Crippen LogP) is 1.82. The van der Waals surface area contributed by atoms with Gasteiger partial charge in [0, 0.05) is 17.4 Å². The number of hydrogen-bond donors (Lipinski definition) is 2. The third-order valence-electron chi connectivity index (χ3n) is 3.14. The van der Waals surface area contributed by atoms with Gasteiger partial charge in [0.15, 0.2) is 5.82 Å². The number of nitrogens with one attached hydrogen (secondary N) is 1. The lowest BCUT2D eigenvalue weighted by atomic mass is 10.1. The largest absolute Gasteiger partial charge is 0.392 e. The second-order valence-corrected chi connectivity index (χ2v) is 5.62. The Kier molecular flexibility index (Phi) is 3.63. The molecule has 0 amide bonds. The van der Waals surface area contributed by atoms with Crippen LogP contribution in [0.1, 0.15) is 29.7 Å². The molecule has 1 aliphatic heterocycles. The van der Waals surface area contributed by atoms with Gasteiger partial charge >= 0.3 is 0 Å². The Hall–Kier alpha value is -1.24. The standard InChI is InChI=1S/C13H14BrN3O2/c14-9-3-1-2-8(4-9)5-12-16-13(19-17-12)11-6-10(18)7-15-11/h1-4,10-11,15,18H,5-7H2/t10-,11-/m1/s1. The highest BCUT2D eigenvalue weighted by atomic mass is 79.9. The maximum absolute atomic E-state index is 9.48. The van der Waals surface area contributed by atoms with Gasteiger partial charge in [-0.25, -0.2) is 0 Å². The Morgan fingerprint density at radius 1 is 1.47 bits per heavy atom. The van der Waals surface area contributed by atoms with E-state index in [1.807, 2.05) is 24.3 Å². The number of hydrogen-bond acceptors (Lipinski definition) is 5. The molecular formula is C13H14BrN3O2. The van der Waals surface area contributed by atoms with Crippen LogP contribution in [0.2, 0.25) is 0 Å². The highest BCUT2D eigenvalue weighted by Crippen LogP contribution is 2.22. The zero-order valence-electron chi connectivity index (χ0n) is 10.2. The van der Waals surface area contributed by atoms with Crippen LogP contribution in [-0.4, -0.2) is 27.9 Å². The van der Waals surface area contributed by atoms with Crippen LogP contribution in [0, 0.1) is 0 Å². The lowest BCUT2D eigenvalue weighted by Crippen LogP contribution is -2.15. The van der Waals surface area contributed by atoms with Crippen molar-refractivity contribution >= 4 is 15.9 Å². The number of β-amino-alcohol motifs (C(OH)–C–C–N with tert-alkyl or cyclic N) is 1. The summed E-state index contributed by atoms with van der Waals surface area (Å²) in [6.45, 7) is 0.577. The fourth-order valence-electron chi connectivity index (χ4n) is 2.22. The van der Waals surface area contributed by atoms with Gasteiger partial charge in [-0.05, 0) is 24.1 Å². The van der Waals surface area contributed by atoms with Crippen LogP contribution in [0.5, 0.6) is 0 Å². The average molecular weight is 324 g/mol. The summed E-state index contributed by atoms with van der Waals surface area (Å²) in [6.07, 6.45) is 0.932. The maximum Gasteiger partial charge on any atom is 0.243 e. The molecule has 2 heterocycles. The topological polar surface area (TPSA) is 71.2 Å². The molecule has 1 aromatic carbocycles. The number of rotatable bonds is 3. The van der Waals surface area contributed by atoms with Gasteiger partial charge in [0.1, 0.15) is 0 Å². The first-order chi connectivity index (χ1) is 9.20. The first-order valence-electron chi connectivity index (χ1n) is 6.19. The van der Waals surface area contributed by atoms with E-state index in [9.17, 15) is 5.11 Å². The summed E-state index contributed by atoms with van der Waals surface area (Å²) in [7, 11) is 0. The van der Waals surface area contributed by atoms with Gasteiger partial charge in [-0.1, -0.05) is 33.2 Å². The Balaban J connectivity index is 1.71. The third-order valence-corrected chi connectivity index (χ3v) is 3.63. The minimum atomic E-state index is -0.328. The molecule has 1 aromatic heterocycles. The molecule has 19 heavy (non-hydrogen) atoms. The lowest BCUT2D eigenvalue weighted by molar-refractivity contribution is 0.191. The van der Waals surface area contributed by atoms with Crippen LogP contribution in [0.15, 0.2) is 33.3 Å². The fraction of sp³-hybridized carbons (Fsp3) is 0.385. The van der Waals surface area contributed by atoms with Crippen molar-refractivity contribution in [1.82, 2.24) is 15.5 Å². The van der Waals surface area contributed by atoms with E-state index in [2.05, 4.69) is 31.4 Å². The van der Waals surface area contributed by atoms with E-state index in [0.29, 0.717) is 31.1 Å². The Labute approximate surface area is 119 Å². The molecule has 0 spiro atoms. The second-order valence-electron chi connectivity index (χ2n) is 4.71. The molecule has 0 aliphatic carbocycles. The first kappa shape index (κ1) is 12.8. The number of halogens is 1. The van der Waals surface area contributed by atoms with Crippen molar-refractivity contribution in [2.45, 2.75) is 25.0 Å². The van der Waals surface area contributed by atoms with Gasteiger partial charge in [-0.15, -0.1) is 0 Å². The van der Waals surface area contributed by atoms with Crippen molar-refractivity contribution in [2.24, 2.45) is 0 Å². The number of aromatic nitrogens is 2. The SMILES string of the molecule is O[C@H]1CN[C@@H](c2nc(Cc3cccc(Br)c3)no2)C1. The van der Waals surface area contributed by atoms with Crippen molar-refractivity contribution in [1.29, 1.82) is 0 Å². The molecule has 6 heteroatoms. The molecule has 2 N–H and O–H groups in total. The zero-order chi connectivity index (χ0) is 13.2. The van der Waals surface area contributed by atoms with E-state index in [1.54, 1.807) is 0 Å². The molecule has 0 radical (unpaired) electrons. The third kappa shape index (κ3) is 3.02. The van der Waals surface area contributed by atoms with Crippen LogP contribution in [-0.2, 0) is 6.42 Å². The van der Waals surface area contributed by atoms with Crippen molar-refractivity contribution in [3.8, 4) is 0 Å². The Bertz CT molecular complexity index is 573. The van der Waals surface area contributed by atoms with E-state index in [1.165, 1.54) is 0 Å². The van der Waals surface area contributed by atoms with E-state index in [4.69, 9.17) is 4.52 Å². The van der Waals surface area contributed by atoms with E-state index in [-0.39, 0.29) is 12.1 Å². The summed E-state index contributed by atoms with van der Waals surface area (Å²) in [5.74, 6) is 1.22. The summed E-state index contributed by atoms with van der Waals surface area (Å²) < 4.78 is 6.29. The number of aliphatic hydroxyl groups is 1. The summed E-state index contributed by atoms with van der Waals surface area (Å²) in [5, 5.41) is 16.6. The van der Waals surface area contributed by atoms with Gasteiger partial charge in [0.25, 0.3) is 0 Å². The summed E-state index contributed by atoms with van der Waals surface area (Å²) in [6, 6.07) is 8.00. The van der Waals surface area contributed by atoms with Crippen molar-refractivity contribution in [3.05, 3.63) is 46.0 Å². The van der Waals surface area contributed by atoms with Crippen LogP contribution < -0.4 is 5.32 Å². The maximum atomic E-state index is 9.48. The number of benzene rings is 1. The van der Waals surface area contributed by atoms with Crippen molar-refractivity contribution < 1.29 is 9.63 Å². The van der Waals surface area contributed by atoms with Crippen LogP contribution in [0.4, 0.5) is 0 Å². The normalized spacial score (nSPS) is 22.8. The second kappa shape index (κ2) is 5.40. The summed E-state index contributed by atoms with van der Waals surface area (Å²) in [4.78, 5) is 4.38. The Morgan fingerprint density at radius 2 is 2.37 bits per heavy atom. The van der Waals surface area contributed by atoms with Gasteiger partial charge in [-0.3, -0.25) is 0 Å². The molecule has 1 saturated heterocycles. The monoisotopic (exact) mass is 323 g/mol. The molecule has 1 fully saturated rings. The summed E-state index contributed by atoms with van der Waals surface area (Å²) in [5.41, 5.74) is 1.13. The van der Waals surface area contributed by atoms with E-state index < -0.39 is 0 Å². The van der Waals surface area contributed by atoms with Crippen LogP contribution in [0.25, 0.3) is 0 Å². The highest BCUT2D eigenvalue weighted by molar-refractivity contribution is 9.10. The molecule has 1 aliphatic rings. The minimum Gasteiger partial charge on any atom is -0.392 e. The molecule has 5 nitrogen and oxygen atoms in total. The molecule has 0 saturated carbocycles. The van der Waals surface area contributed by atoms with Gasteiger partial charge in [0.05, 0.1) is 12.1 Å². The quantitative estimate of drug-likeness (QED) is 0.901. The van der Waals surface area contributed by atoms with E-state index in [0.717, 1.165) is 10.0 Å². The number of aliphatic hydroxyl groups excluding tert-OH is 1. The smallest absolute Gasteiger partial charge is 0.243 e.